The zero-order valence-corrected chi connectivity index (χ0v) is 11.7. The minimum Gasteiger partial charge on any atom is -0.381 e. The number of hydrogen-bond acceptors (Lipinski definition) is 4. The van der Waals surface area contributed by atoms with Crippen LogP contribution < -0.4 is 5.32 Å². The number of nitrogens with zero attached hydrogens (tertiary/aromatic N) is 2. The second-order valence-electron chi connectivity index (χ2n) is 5.56. The lowest BCUT2D eigenvalue weighted by Crippen LogP contribution is -2.47. The van der Waals surface area contributed by atoms with Gasteiger partial charge in [0.1, 0.15) is 0 Å². The molecule has 3 rings (SSSR count). The third-order valence-electron chi connectivity index (χ3n) is 4.36. The van der Waals surface area contributed by atoms with Crippen LogP contribution in [0.5, 0.6) is 0 Å². The normalized spacial score (nSPS) is 23.6. The number of aromatic nitrogens is 1. The molecule has 0 radical (unpaired) electrons. The van der Waals surface area contributed by atoms with Crippen LogP contribution in [0.25, 0.3) is 0 Å². The average molecular weight is 279 g/mol. The van der Waals surface area contributed by atoms with Crippen molar-refractivity contribution in [2.45, 2.75) is 18.9 Å². The average Bonchev–Trinajstić information content (AvgIpc) is 2.52. The summed E-state index contributed by atoms with van der Waals surface area (Å²) in [5.41, 5.74) is 0.751. The van der Waals surface area contributed by atoms with Crippen LogP contribution in [0.4, 0.5) is 4.39 Å². The molecule has 0 bridgehead atoms. The highest BCUT2D eigenvalue weighted by molar-refractivity contribution is 5.17. The number of hydrogen-bond donors (Lipinski definition) is 1. The molecule has 110 valence electrons. The second kappa shape index (κ2) is 6.61. The van der Waals surface area contributed by atoms with Gasteiger partial charge in [-0.25, -0.2) is 4.98 Å². The smallest absolute Gasteiger partial charge is 0.217 e. The van der Waals surface area contributed by atoms with Crippen molar-refractivity contribution in [3.8, 4) is 0 Å². The van der Waals surface area contributed by atoms with Crippen LogP contribution in [0.3, 0.4) is 0 Å². The molecule has 2 saturated heterocycles. The summed E-state index contributed by atoms with van der Waals surface area (Å²) >= 11 is 0. The molecule has 20 heavy (non-hydrogen) atoms. The molecule has 0 aliphatic carbocycles. The van der Waals surface area contributed by atoms with Gasteiger partial charge >= 0.3 is 0 Å². The second-order valence-corrected chi connectivity index (χ2v) is 5.56. The summed E-state index contributed by atoms with van der Waals surface area (Å²) in [6.45, 7) is 5.46. The fourth-order valence-corrected chi connectivity index (χ4v) is 3.36. The summed E-state index contributed by atoms with van der Waals surface area (Å²) in [7, 11) is 0. The fourth-order valence-electron chi connectivity index (χ4n) is 3.36. The van der Waals surface area contributed by atoms with Crippen molar-refractivity contribution in [1.82, 2.24) is 15.2 Å². The largest absolute Gasteiger partial charge is 0.381 e. The van der Waals surface area contributed by atoms with E-state index >= 15 is 0 Å². The lowest BCUT2D eigenvalue weighted by atomic mass is 9.86. The first-order valence-corrected chi connectivity index (χ1v) is 7.49. The maximum absolute atomic E-state index is 14.2. The molecule has 1 aromatic heterocycles. The Bertz CT molecular complexity index is 413. The van der Waals surface area contributed by atoms with Crippen molar-refractivity contribution < 1.29 is 9.13 Å². The van der Waals surface area contributed by atoms with Crippen LogP contribution in [-0.4, -0.2) is 49.3 Å². The predicted molar refractivity (Wildman–Crippen MR) is 74.9 cm³/mol. The third kappa shape index (κ3) is 3.00. The lowest BCUT2D eigenvalue weighted by molar-refractivity contribution is 0.0200. The van der Waals surface area contributed by atoms with E-state index in [1.165, 1.54) is 6.20 Å². The lowest BCUT2D eigenvalue weighted by Gasteiger charge is -2.41. The van der Waals surface area contributed by atoms with Crippen LogP contribution in [0.1, 0.15) is 24.4 Å². The minimum atomic E-state index is -0.317. The number of nitrogens with one attached hydrogen (secondary N) is 1. The van der Waals surface area contributed by atoms with Crippen LogP contribution in [-0.2, 0) is 4.74 Å². The van der Waals surface area contributed by atoms with Crippen molar-refractivity contribution in [2.24, 2.45) is 5.92 Å². The van der Waals surface area contributed by atoms with Crippen LogP contribution in [0.15, 0.2) is 18.3 Å². The standard InChI is InChI=1S/C15H22FN3O/c16-15-13(2-1-5-18-15)14(12-3-10-20-11-4-12)19-8-6-17-7-9-19/h1-2,5,12,14,17H,3-4,6-11H2/t14-/m0/s1. The summed E-state index contributed by atoms with van der Waals surface area (Å²) in [5.74, 6) is 0.142. The van der Waals surface area contributed by atoms with Crippen molar-refractivity contribution in [3.05, 3.63) is 29.8 Å². The SMILES string of the molecule is Fc1ncccc1[C@H](C1CCOCC1)N1CCNCC1. The Morgan fingerprint density at radius 1 is 1.30 bits per heavy atom. The van der Waals surface area contributed by atoms with Gasteiger partial charge in [0.15, 0.2) is 0 Å². The molecular formula is C15H22FN3O. The molecule has 1 N–H and O–H groups in total. The molecule has 0 amide bonds. The van der Waals surface area contributed by atoms with Gasteiger partial charge in [-0.15, -0.1) is 0 Å². The Balaban J connectivity index is 1.87. The molecule has 0 spiro atoms. The fraction of sp³-hybridized carbons (Fsp3) is 0.667. The van der Waals surface area contributed by atoms with Gasteiger partial charge in [-0.2, -0.15) is 4.39 Å². The molecule has 2 fully saturated rings. The Hall–Kier alpha value is -1.04. The first-order valence-electron chi connectivity index (χ1n) is 7.49. The van der Waals surface area contributed by atoms with Crippen molar-refractivity contribution >= 4 is 0 Å². The molecule has 5 heteroatoms. The maximum atomic E-state index is 14.2. The van der Waals surface area contributed by atoms with E-state index < -0.39 is 0 Å². The van der Waals surface area contributed by atoms with Gasteiger partial charge in [-0.1, -0.05) is 6.07 Å². The van der Waals surface area contributed by atoms with E-state index in [0.717, 1.165) is 57.8 Å². The van der Waals surface area contributed by atoms with Crippen molar-refractivity contribution in [1.29, 1.82) is 0 Å². The van der Waals surface area contributed by atoms with Crippen LogP contribution in [0.2, 0.25) is 0 Å². The van der Waals surface area contributed by atoms with Gasteiger partial charge in [-0.3, -0.25) is 4.90 Å². The number of piperazine rings is 1. The monoisotopic (exact) mass is 279 g/mol. The molecule has 0 unspecified atom stereocenters. The number of rotatable bonds is 3. The molecule has 1 atom stereocenters. The summed E-state index contributed by atoms with van der Waals surface area (Å²) < 4.78 is 19.6. The summed E-state index contributed by atoms with van der Waals surface area (Å²) in [6, 6.07) is 3.87. The van der Waals surface area contributed by atoms with Gasteiger partial charge in [0.25, 0.3) is 0 Å². The Morgan fingerprint density at radius 2 is 2.05 bits per heavy atom. The van der Waals surface area contributed by atoms with Crippen molar-refractivity contribution in [3.63, 3.8) is 0 Å². The van der Waals surface area contributed by atoms with E-state index in [1.807, 2.05) is 12.1 Å². The van der Waals surface area contributed by atoms with Gasteiger partial charge < -0.3 is 10.1 Å². The van der Waals surface area contributed by atoms with Gasteiger partial charge in [0.2, 0.25) is 5.95 Å². The predicted octanol–water partition coefficient (Wildman–Crippen LogP) is 1.59. The Labute approximate surface area is 119 Å². The summed E-state index contributed by atoms with van der Waals surface area (Å²) in [6.07, 6.45) is 3.53. The van der Waals surface area contributed by atoms with E-state index in [2.05, 4.69) is 15.2 Å². The number of pyridine rings is 1. The molecule has 4 nitrogen and oxygen atoms in total. The van der Waals surface area contributed by atoms with Gasteiger partial charge in [0, 0.05) is 57.2 Å². The van der Waals surface area contributed by atoms with E-state index in [-0.39, 0.29) is 12.0 Å². The van der Waals surface area contributed by atoms with E-state index in [4.69, 9.17) is 4.74 Å². The first kappa shape index (κ1) is 13.9. The molecule has 3 heterocycles. The Morgan fingerprint density at radius 3 is 2.75 bits per heavy atom. The highest BCUT2D eigenvalue weighted by atomic mass is 19.1. The highest BCUT2D eigenvalue weighted by Crippen LogP contribution is 2.35. The molecule has 0 aromatic carbocycles. The summed E-state index contributed by atoms with van der Waals surface area (Å²) in [5, 5.41) is 3.36. The molecular weight excluding hydrogens is 257 g/mol. The zero-order chi connectivity index (χ0) is 13.8. The quantitative estimate of drug-likeness (QED) is 0.853. The number of ether oxygens (including phenoxy) is 1. The van der Waals surface area contributed by atoms with Gasteiger partial charge in [0.05, 0.1) is 0 Å². The molecule has 1 aromatic rings. The Kier molecular flexibility index (Phi) is 4.60. The summed E-state index contributed by atoms with van der Waals surface area (Å²) in [4.78, 5) is 6.26. The van der Waals surface area contributed by atoms with Crippen LogP contribution in [0, 0.1) is 11.9 Å². The maximum Gasteiger partial charge on any atom is 0.217 e. The van der Waals surface area contributed by atoms with E-state index in [9.17, 15) is 4.39 Å². The highest BCUT2D eigenvalue weighted by Gasteiger charge is 2.33. The van der Waals surface area contributed by atoms with Gasteiger partial charge in [-0.05, 0) is 24.8 Å². The zero-order valence-electron chi connectivity index (χ0n) is 11.7. The van der Waals surface area contributed by atoms with E-state index in [0.29, 0.717) is 5.92 Å². The number of halogens is 1. The van der Waals surface area contributed by atoms with Crippen LogP contribution >= 0.6 is 0 Å². The van der Waals surface area contributed by atoms with E-state index in [1.54, 1.807) is 0 Å². The molecule has 2 aliphatic heterocycles. The van der Waals surface area contributed by atoms with Crippen molar-refractivity contribution in [2.75, 3.05) is 39.4 Å². The molecule has 2 aliphatic rings. The molecule has 0 saturated carbocycles. The first-order chi connectivity index (χ1) is 9.86. The topological polar surface area (TPSA) is 37.4 Å². The third-order valence-corrected chi connectivity index (χ3v) is 4.36. The minimum absolute atomic E-state index is 0.134.